The van der Waals surface area contributed by atoms with Crippen LogP contribution in [-0.4, -0.2) is 21.4 Å². The summed E-state index contributed by atoms with van der Waals surface area (Å²) in [4.78, 5) is 12.0. The molecule has 1 amide bonds. The first kappa shape index (κ1) is 13.2. The van der Waals surface area contributed by atoms with Crippen molar-refractivity contribution in [3.05, 3.63) is 46.9 Å². The number of aromatic nitrogens is 2. The minimum atomic E-state index is -0.276. The molecule has 0 aliphatic carbocycles. The normalized spacial score (nSPS) is 22.1. The van der Waals surface area contributed by atoms with Crippen LogP contribution in [0.15, 0.2) is 24.3 Å². The number of nitrogens with zero attached hydrogens (tertiary/aromatic N) is 1. The monoisotopic (exact) mass is 291 g/mol. The lowest BCUT2D eigenvalue weighted by Gasteiger charge is -2.17. The van der Waals surface area contributed by atoms with Gasteiger partial charge in [-0.1, -0.05) is 12.1 Å². The van der Waals surface area contributed by atoms with Gasteiger partial charge in [-0.15, -0.1) is 11.8 Å². The van der Waals surface area contributed by atoms with Crippen LogP contribution in [0.3, 0.4) is 0 Å². The van der Waals surface area contributed by atoms with Gasteiger partial charge in [0.25, 0.3) is 0 Å². The molecule has 0 fully saturated rings. The van der Waals surface area contributed by atoms with Gasteiger partial charge in [0.2, 0.25) is 5.91 Å². The molecule has 4 nitrogen and oxygen atoms in total. The number of nitrogens with one attached hydrogen (secondary N) is 2. The summed E-state index contributed by atoms with van der Waals surface area (Å²) in [6.07, 6.45) is 0. The SMILES string of the molecule is Cc1[nH]nc2c1[C@@H](c1cccc(F)c1)S[C@H](C)C(=O)N2. The predicted octanol–water partition coefficient (Wildman–Crippen LogP) is 3.02. The number of carbonyl (C=O) groups excluding carboxylic acids is 1. The Morgan fingerprint density at radius 3 is 2.95 bits per heavy atom. The second-order valence-electron chi connectivity index (χ2n) is 4.81. The van der Waals surface area contributed by atoms with E-state index in [0.717, 1.165) is 16.8 Å². The molecule has 1 aromatic heterocycles. The fourth-order valence-electron chi connectivity index (χ4n) is 2.32. The zero-order valence-electron chi connectivity index (χ0n) is 11.1. The van der Waals surface area contributed by atoms with Crippen molar-refractivity contribution in [1.82, 2.24) is 10.2 Å². The molecule has 2 heterocycles. The van der Waals surface area contributed by atoms with E-state index in [1.54, 1.807) is 6.07 Å². The molecule has 1 aliphatic rings. The average Bonchev–Trinajstić information content (AvgIpc) is 2.70. The van der Waals surface area contributed by atoms with Crippen molar-refractivity contribution in [2.45, 2.75) is 24.3 Å². The number of hydrogen-bond acceptors (Lipinski definition) is 3. The van der Waals surface area contributed by atoms with E-state index in [1.807, 2.05) is 19.9 Å². The maximum absolute atomic E-state index is 13.5. The number of aromatic amines is 1. The zero-order chi connectivity index (χ0) is 14.3. The van der Waals surface area contributed by atoms with Crippen molar-refractivity contribution in [1.29, 1.82) is 0 Å². The third-order valence-electron chi connectivity index (χ3n) is 3.36. The summed E-state index contributed by atoms with van der Waals surface area (Å²) in [5.74, 6) is 0.183. The first-order valence-corrected chi connectivity index (χ1v) is 7.27. The van der Waals surface area contributed by atoms with Crippen LogP contribution in [0.5, 0.6) is 0 Å². The minimum Gasteiger partial charge on any atom is -0.308 e. The Bertz CT molecular complexity index is 670. The first-order chi connectivity index (χ1) is 9.56. The maximum Gasteiger partial charge on any atom is 0.238 e. The lowest BCUT2D eigenvalue weighted by Crippen LogP contribution is -2.21. The largest absolute Gasteiger partial charge is 0.308 e. The van der Waals surface area contributed by atoms with Gasteiger partial charge in [-0.2, -0.15) is 5.10 Å². The van der Waals surface area contributed by atoms with Crippen LogP contribution >= 0.6 is 11.8 Å². The topological polar surface area (TPSA) is 57.8 Å². The highest BCUT2D eigenvalue weighted by Gasteiger charge is 2.32. The molecule has 3 rings (SSSR count). The van der Waals surface area contributed by atoms with Gasteiger partial charge in [0.1, 0.15) is 5.82 Å². The Kier molecular flexibility index (Phi) is 3.25. The van der Waals surface area contributed by atoms with Gasteiger partial charge in [0.05, 0.1) is 10.5 Å². The third kappa shape index (κ3) is 2.20. The molecule has 2 N–H and O–H groups in total. The van der Waals surface area contributed by atoms with Crippen molar-refractivity contribution < 1.29 is 9.18 Å². The number of aryl methyl sites for hydroxylation is 1. The highest BCUT2D eigenvalue weighted by molar-refractivity contribution is 8.01. The molecule has 2 aromatic rings. The van der Waals surface area contributed by atoms with Gasteiger partial charge in [0, 0.05) is 11.3 Å². The molecule has 1 aliphatic heterocycles. The lowest BCUT2D eigenvalue weighted by molar-refractivity contribution is -0.115. The second-order valence-corrected chi connectivity index (χ2v) is 6.26. The van der Waals surface area contributed by atoms with Crippen LogP contribution in [0.25, 0.3) is 0 Å². The number of benzene rings is 1. The van der Waals surface area contributed by atoms with E-state index in [9.17, 15) is 9.18 Å². The standard InChI is InChI=1S/C14H14FN3OS/c1-7-11-12(9-4-3-5-10(15)6-9)20-8(2)14(19)16-13(11)18-17-7/h3-6,8,12H,1-2H3,(H2,16,17,18,19)/t8-,12-/m1/s1. The molecule has 0 spiro atoms. The third-order valence-corrected chi connectivity index (χ3v) is 4.76. The highest BCUT2D eigenvalue weighted by atomic mass is 32.2. The molecule has 1 aromatic carbocycles. The number of anilines is 1. The van der Waals surface area contributed by atoms with Gasteiger partial charge in [-0.3, -0.25) is 9.89 Å². The van der Waals surface area contributed by atoms with Gasteiger partial charge in [-0.25, -0.2) is 4.39 Å². The quantitative estimate of drug-likeness (QED) is 0.849. The summed E-state index contributed by atoms with van der Waals surface area (Å²) >= 11 is 1.50. The van der Waals surface area contributed by atoms with Crippen molar-refractivity contribution in [2.24, 2.45) is 0 Å². The highest BCUT2D eigenvalue weighted by Crippen LogP contribution is 2.44. The Morgan fingerprint density at radius 1 is 1.40 bits per heavy atom. The molecule has 20 heavy (non-hydrogen) atoms. The maximum atomic E-state index is 13.5. The zero-order valence-corrected chi connectivity index (χ0v) is 11.9. The summed E-state index contributed by atoms with van der Waals surface area (Å²) in [6, 6.07) is 6.49. The average molecular weight is 291 g/mol. The summed E-state index contributed by atoms with van der Waals surface area (Å²) in [5.41, 5.74) is 2.64. The number of carbonyl (C=O) groups is 1. The first-order valence-electron chi connectivity index (χ1n) is 6.33. The second kappa shape index (κ2) is 4.94. The predicted molar refractivity (Wildman–Crippen MR) is 77.3 cm³/mol. The van der Waals surface area contributed by atoms with Crippen LogP contribution in [0.4, 0.5) is 10.2 Å². The number of thioether (sulfide) groups is 1. The van der Waals surface area contributed by atoms with E-state index in [2.05, 4.69) is 15.5 Å². The van der Waals surface area contributed by atoms with Crippen molar-refractivity contribution >= 4 is 23.5 Å². The molecule has 2 atom stereocenters. The van der Waals surface area contributed by atoms with E-state index in [1.165, 1.54) is 23.9 Å². The van der Waals surface area contributed by atoms with Crippen molar-refractivity contribution in [3.63, 3.8) is 0 Å². The van der Waals surface area contributed by atoms with Gasteiger partial charge < -0.3 is 5.32 Å². The fourth-order valence-corrected chi connectivity index (χ4v) is 3.64. The van der Waals surface area contributed by atoms with Crippen LogP contribution < -0.4 is 5.32 Å². The smallest absolute Gasteiger partial charge is 0.238 e. The number of hydrogen-bond donors (Lipinski definition) is 2. The number of fused-ring (bicyclic) bond motifs is 1. The fraction of sp³-hybridized carbons (Fsp3) is 0.286. The van der Waals surface area contributed by atoms with Gasteiger partial charge in [0.15, 0.2) is 5.82 Å². The molecule has 0 saturated carbocycles. The number of H-pyrrole nitrogens is 1. The summed E-state index contributed by atoms with van der Waals surface area (Å²) in [5, 5.41) is 9.49. The molecule has 6 heteroatoms. The van der Waals surface area contributed by atoms with Crippen LogP contribution in [0.1, 0.15) is 29.0 Å². The van der Waals surface area contributed by atoms with E-state index < -0.39 is 0 Å². The van der Waals surface area contributed by atoms with Gasteiger partial charge >= 0.3 is 0 Å². The molecular formula is C14H14FN3OS. The molecule has 0 bridgehead atoms. The Balaban J connectivity index is 2.13. The Labute approximate surface area is 120 Å². The van der Waals surface area contributed by atoms with E-state index in [0.29, 0.717) is 5.82 Å². The number of amides is 1. The lowest BCUT2D eigenvalue weighted by atomic mass is 10.0. The Hall–Kier alpha value is -1.82. The summed E-state index contributed by atoms with van der Waals surface area (Å²) in [6.45, 7) is 3.75. The molecule has 104 valence electrons. The summed E-state index contributed by atoms with van der Waals surface area (Å²) in [7, 11) is 0. The van der Waals surface area contributed by atoms with Crippen molar-refractivity contribution in [3.8, 4) is 0 Å². The Morgan fingerprint density at radius 2 is 2.20 bits per heavy atom. The van der Waals surface area contributed by atoms with E-state index >= 15 is 0 Å². The number of halogens is 1. The molecule has 0 unspecified atom stereocenters. The van der Waals surface area contributed by atoms with Crippen LogP contribution in [-0.2, 0) is 4.79 Å². The van der Waals surface area contributed by atoms with Gasteiger partial charge in [-0.05, 0) is 31.5 Å². The molecular weight excluding hydrogens is 277 g/mol. The van der Waals surface area contributed by atoms with Crippen LogP contribution in [0.2, 0.25) is 0 Å². The molecule has 0 radical (unpaired) electrons. The van der Waals surface area contributed by atoms with Crippen molar-refractivity contribution in [2.75, 3.05) is 5.32 Å². The van der Waals surface area contributed by atoms with Crippen LogP contribution in [0, 0.1) is 12.7 Å². The minimum absolute atomic E-state index is 0.0818. The molecule has 0 saturated heterocycles. The van der Waals surface area contributed by atoms with E-state index in [4.69, 9.17) is 0 Å². The summed E-state index contributed by atoms with van der Waals surface area (Å²) < 4.78 is 13.5. The van der Waals surface area contributed by atoms with E-state index in [-0.39, 0.29) is 22.2 Å². The number of rotatable bonds is 1.